The topological polar surface area (TPSA) is 106 Å². The molecule has 0 radical (unpaired) electrons. The number of halogens is 1. The molecule has 1 aromatic carbocycles. The van der Waals surface area contributed by atoms with Gasteiger partial charge in [0.25, 0.3) is 20.6 Å². The van der Waals surface area contributed by atoms with Crippen LogP contribution in [0.2, 0.25) is 0 Å². The Hall–Kier alpha value is -1.67. The minimum absolute atomic E-state index is 0.134. The van der Waals surface area contributed by atoms with E-state index >= 15 is 0 Å². The summed E-state index contributed by atoms with van der Waals surface area (Å²) in [6.45, 7) is 5.42. The van der Waals surface area contributed by atoms with Crippen LogP contribution in [0.15, 0.2) is 23.1 Å². The zero-order valence-electron chi connectivity index (χ0n) is 11.7. The molecule has 1 amide bonds. The quantitative estimate of drug-likeness (QED) is 0.505. The third-order valence-electron chi connectivity index (χ3n) is 2.98. The Labute approximate surface area is 126 Å². The molecule has 0 aromatic heterocycles. The summed E-state index contributed by atoms with van der Waals surface area (Å²) in [5.41, 5.74) is -1.18. The molecule has 0 heterocycles. The summed E-state index contributed by atoms with van der Waals surface area (Å²) in [4.78, 5) is 21.7. The average Bonchev–Trinajstić information content (AvgIpc) is 2.36. The van der Waals surface area contributed by atoms with E-state index in [4.69, 9.17) is 10.7 Å². The number of nitrogens with one attached hydrogen (secondary N) is 1. The van der Waals surface area contributed by atoms with E-state index in [1.54, 1.807) is 13.8 Å². The molecule has 0 aliphatic rings. The van der Waals surface area contributed by atoms with Crippen molar-refractivity contribution in [2.75, 3.05) is 0 Å². The van der Waals surface area contributed by atoms with Crippen LogP contribution in [0.5, 0.6) is 0 Å². The van der Waals surface area contributed by atoms with Crippen molar-refractivity contribution in [1.29, 1.82) is 0 Å². The van der Waals surface area contributed by atoms with Gasteiger partial charge in [0.15, 0.2) is 0 Å². The molecule has 0 bridgehead atoms. The largest absolute Gasteiger partial charge is 0.347 e. The maximum Gasteiger partial charge on any atom is 0.271 e. The third-order valence-corrected chi connectivity index (χ3v) is 4.31. The van der Waals surface area contributed by atoms with E-state index in [0.29, 0.717) is 6.42 Å². The smallest absolute Gasteiger partial charge is 0.271 e. The molecular formula is C12H15ClN2O5S. The number of amides is 1. The fourth-order valence-electron chi connectivity index (χ4n) is 1.43. The maximum absolute atomic E-state index is 12.1. The molecule has 1 aromatic rings. The number of benzene rings is 1. The summed E-state index contributed by atoms with van der Waals surface area (Å²) < 4.78 is 22.7. The van der Waals surface area contributed by atoms with E-state index in [0.717, 1.165) is 18.2 Å². The Morgan fingerprint density at radius 3 is 2.38 bits per heavy atom. The van der Waals surface area contributed by atoms with Gasteiger partial charge in [-0.1, -0.05) is 6.92 Å². The van der Waals surface area contributed by atoms with Gasteiger partial charge in [-0.3, -0.25) is 14.9 Å². The molecule has 1 rings (SSSR count). The van der Waals surface area contributed by atoms with Gasteiger partial charge in [0.2, 0.25) is 0 Å². The number of rotatable bonds is 5. The lowest BCUT2D eigenvalue weighted by molar-refractivity contribution is -0.385. The van der Waals surface area contributed by atoms with E-state index in [1.807, 2.05) is 6.92 Å². The minimum Gasteiger partial charge on any atom is -0.347 e. The predicted octanol–water partition coefficient (Wildman–Crippen LogP) is 2.44. The molecule has 116 valence electrons. The highest BCUT2D eigenvalue weighted by Gasteiger charge is 2.23. The summed E-state index contributed by atoms with van der Waals surface area (Å²) in [6.07, 6.45) is 0.633. The van der Waals surface area contributed by atoms with Crippen LogP contribution < -0.4 is 5.32 Å². The van der Waals surface area contributed by atoms with Gasteiger partial charge in [-0.05, 0) is 26.3 Å². The van der Waals surface area contributed by atoms with Gasteiger partial charge in [0.05, 0.1) is 9.82 Å². The van der Waals surface area contributed by atoms with Crippen LogP contribution in [0, 0.1) is 10.1 Å². The third kappa shape index (κ3) is 4.68. The Bertz CT molecular complexity index is 685. The lowest BCUT2D eigenvalue weighted by Gasteiger charge is -2.24. The highest BCUT2D eigenvalue weighted by molar-refractivity contribution is 8.13. The van der Waals surface area contributed by atoms with Crippen molar-refractivity contribution < 1.29 is 18.1 Å². The van der Waals surface area contributed by atoms with Crippen molar-refractivity contribution in [3.8, 4) is 0 Å². The van der Waals surface area contributed by atoms with Crippen molar-refractivity contribution >= 4 is 31.3 Å². The van der Waals surface area contributed by atoms with Crippen molar-refractivity contribution in [1.82, 2.24) is 5.32 Å². The van der Waals surface area contributed by atoms with E-state index in [1.165, 1.54) is 0 Å². The number of non-ortho nitro benzene ring substituents is 1. The molecule has 0 saturated carbocycles. The second kappa shape index (κ2) is 5.98. The van der Waals surface area contributed by atoms with E-state index in [2.05, 4.69) is 5.32 Å². The van der Waals surface area contributed by atoms with Gasteiger partial charge < -0.3 is 5.32 Å². The monoisotopic (exact) mass is 334 g/mol. The molecule has 9 heteroatoms. The highest BCUT2D eigenvalue weighted by Crippen LogP contribution is 2.24. The summed E-state index contributed by atoms with van der Waals surface area (Å²) in [7, 11) is 1.01. The molecule has 1 N–H and O–H groups in total. The Kier molecular flexibility index (Phi) is 4.95. The first-order valence-corrected chi connectivity index (χ1v) is 8.34. The second-order valence-corrected chi connectivity index (χ2v) is 7.67. The van der Waals surface area contributed by atoms with E-state index in [9.17, 15) is 23.3 Å². The molecule has 0 unspecified atom stereocenters. The van der Waals surface area contributed by atoms with Crippen LogP contribution in [0.3, 0.4) is 0 Å². The van der Waals surface area contributed by atoms with Crippen molar-refractivity contribution in [2.24, 2.45) is 0 Å². The van der Waals surface area contributed by atoms with Crippen LogP contribution in [0.1, 0.15) is 37.6 Å². The van der Waals surface area contributed by atoms with E-state index < -0.39 is 36.0 Å². The zero-order chi connectivity index (χ0) is 16.4. The number of hydrogen-bond donors (Lipinski definition) is 1. The van der Waals surface area contributed by atoms with Crippen LogP contribution in [-0.2, 0) is 9.05 Å². The molecular weight excluding hydrogens is 320 g/mol. The number of nitro groups is 1. The van der Waals surface area contributed by atoms with Crippen molar-refractivity contribution in [2.45, 2.75) is 37.6 Å². The number of carbonyl (C=O) groups is 1. The Morgan fingerprint density at radius 1 is 1.38 bits per heavy atom. The molecule has 7 nitrogen and oxygen atoms in total. The first kappa shape index (κ1) is 17.4. The molecule has 0 fully saturated rings. The SMILES string of the molecule is CCC(C)(C)NC(=O)c1cc([N+](=O)[O-])cc(S(=O)(=O)Cl)c1. The second-order valence-electron chi connectivity index (χ2n) is 5.10. The van der Waals surface area contributed by atoms with Gasteiger partial charge in [-0.25, -0.2) is 8.42 Å². The molecule has 0 atom stereocenters. The molecule has 0 aliphatic heterocycles. The summed E-state index contributed by atoms with van der Waals surface area (Å²) >= 11 is 0. The maximum atomic E-state index is 12.1. The van der Waals surface area contributed by atoms with E-state index in [-0.39, 0.29) is 5.56 Å². The lowest BCUT2D eigenvalue weighted by atomic mass is 10.0. The Balaban J connectivity index is 3.33. The van der Waals surface area contributed by atoms with Crippen LogP contribution in [0.4, 0.5) is 5.69 Å². The Morgan fingerprint density at radius 2 is 1.95 bits per heavy atom. The fraction of sp³-hybridized carbons (Fsp3) is 0.417. The molecule has 0 spiro atoms. The van der Waals surface area contributed by atoms with Gasteiger partial charge in [0, 0.05) is 33.9 Å². The lowest BCUT2D eigenvalue weighted by Crippen LogP contribution is -2.42. The average molecular weight is 335 g/mol. The van der Waals surface area contributed by atoms with Crippen LogP contribution in [0.25, 0.3) is 0 Å². The summed E-state index contributed by atoms with van der Waals surface area (Å²) in [5.74, 6) is -0.605. The minimum atomic E-state index is -4.18. The highest BCUT2D eigenvalue weighted by atomic mass is 35.7. The fourth-order valence-corrected chi connectivity index (χ4v) is 2.23. The number of nitrogens with zero attached hydrogens (tertiary/aromatic N) is 1. The summed E-state index contributed by atoms with van der Waals surface area (Å²) in [6, 6.07) is 2.83. The van der Waals surface area contributed by atoms with Gasteiger partial charge >= 0.3 is 0 Å². The number of carbonyl (C=O) groups excluding carboxylic acids is 1. The standard InChI is InChI=1S/C12H15ClN2O5S/c1-4-12(2,3)14-11(16)8-5-9(15(17)18)7-10(6-8)21(13,19)20/h5-7H,4H2,1-3H3,(H,14,16). The van der Waals surface area contributed by atoms with Crippen molar-refractivity contribution in [3.05, 3.63) is 33.9 Å². The van der Waals surface area contributed by atoms with Crippen LogP contribution >= 0.6 is 10.7 Å². The van der Waals surface area contributed by atoms with Crippen molar-refractivity contribution in [3.63, 3.8) is 0 Å². The molecule has 0 aliphatic carbocycles. The first-order chi connectivity index (χ1) is 9.46. The first-order valence-electron chi connectivity index (χ1n) is 6.03. The predicted molar refractivity (Wildman–Crippen MR) is 78.0 cm³/mol. The number of nitro benzene ring substituents is 1. The van der Waals surface area contributed by atoms with Crippen LogP contribution in [-0.4, -0.2) is 24.8 Å². The number of hydrogen-bond acceptors (Lipinski definition) is 5. The van der Waals surface area contributed by atoms with Gasteiger partial charge in [-0.2, -0.15) is 0 Å². The zero-order valence-corrected chi connectivity index (χ0v) is 13.3. The molecule has 0 saturated heterocycles. The molecule has 21 heavy (non-hydrogen) atoms. The van der Waals surface area contributed by atoms with Gasteiger partial charge in [0.1, 0.15) is 0 Å². The van der Waals surface area contributed by atoms with Gasteiger partial charge in [-0.15, -0.1) is 0 Å². The summed E-state index contributed by atoms with van der Waals surface area (Å²) in [5, 5.41) is 13.5. The normalized spacial score (nSPS) is 12.0.